The number of amides is 1. The molecule has 8 heteroatoms. The Morgan fingerprint density at radius 1 is 1.10 bits per heavy atom. The molecule has 1 saturated heterocycles. The molecule has 0 unspecified atom stereocenters. The molecule has 0 spiro atoms. The van der Waals surface area contributed by atoms with E-state index in [0.29, 0.717) is 35.7 Å². The van der Waals surface area contributed by atoms with E-state index in [4.69, 9.17) is 9.47 Å². The molecular weight excluding hydrogens is 398 g/mol. The van der Waals surface area contributed by atoms with Crippen molar-refractivity contribution in [3.63, 3.8) is 0 Å². The number of aromatic nitrogens is 1. The van der Waals surface area contributed by atoms with Gasteiger partial charge in [-0.3, -0.25) is 9.59 Å². The molecule has 31 heavy (non-hydrogen) atoms. The van der Waals surface area contributed by atoms with Gasteiger partial charge in [0.25, 0.3) is 11.7 Å². The number of esters is 1. The molecule has 1 aliphatic rings. The zero-order valence-electron chi connectivity index (χ0n) is 18.5. The number of aromatic amines is 1. The van der Waals surface area contributed by atoms with E-state index in [9.17, 15) is 14.4 Å². The number of benzene rings is 1. The molecule has 1 aromatic heterocycles. The van der Waals surface area contributed by atoms with E-state index in [2.05, 4.69) is 11.9 Å². The van der Waals surface area contributed by atoms with Gasteiger partial charge in [0.05, 0.1) is 52.0 Å². The van der Waals surface area contributed by atoms with Crippen molar-refractivity contribution in [1.29, 1.82) is 0 Å². The number of piperazine rings is 1. The summed E-state index contributed by atoms with van der Waals surface area (Å²) in [5.41, 5.74) is 1.88. The number of carbonyl (C=O) groups is 3. The van der Waals surface area contributed by atoms with Crippen molar-refractivity contribution in [2.45, 2.75) is 20.8 Å². The number of nitrogens with zero attached hydrogens (tertiary/aromatic N) is 1. The second-order valence-electron chi connectivity index (χ2n) is 7.55. The second-order valence-corrected chi connectivity index (χ2v) is 7.55. The van der Waals surface area contributed by atoms with Crippen LogP contribution in [-0.2, 0) is 9.53 Å². The normalized spacial score (nSPS) is 14.4. The van der Waals surface area contributed by atoms with Crippen LogP contribution >= 0.6 is 0 Å². The van der Waals surface area contributed by atoms with Crippen molar-refractivity contribution in [3.8, 4) is 16.9 Å². The molecule has 2 heterocycles. The topological polar surface area (TPSA) is 93.1 Å². The largest absolute Gasteiger partial charge is 0.497 e. The number of nitrogens with one attached hydrogen (secondary N) is 2. The number of hydrogen-bond acceptors (Lipinski definition) is 5. The van der Waals surface area contributed by atoms with Crippen molar-refractivity contribution in [2.24, 2.45) is 0 Å². The summed E-state index contributed by atoms with van der Waals surface area (Å²) in [5.74, 6) is -1.09. The van der Waals surface area contributed by atoms with E-state index in [-0.39, 0.29) is 17.9 Å². The number of aryl methyl sites for hydroxylation is 1. The van der Waals surface area contributed by atoms with Gasteiger partial charge in [-0.25, -0.2) is 4.79 Å². The maximum Gasteiger partial charge on any atom is 0.340 e. The fourth-order valence-corrected chi connectivity index (χ4v) is 3.93. The first kappa shape index (κ1) is 22.6. The van der Waals surface area contributed by atoms with Crippen LogP contribution in [0.1, 0.15) is 40.4 Å². The zero-order valence-corrected chi connectivity index (χ0v) is 18.5. The summed E-state index contributed by atoms with van der Waals surface area (Å²) in [5, 5.41) is 0. The van der Waals surface area contributed by atoms with Crippen molar-refractivity contribution < 1.29 is 28.8 Å². The number of ether oxygens (including phenoxy) is 2. The Labute approximate surface area is 182 Å². The molecule has 3 rings (SSSR count). The number of ketones is 1. The molecule has 0 atom stereocenters. The van der Waals surface area contributed by atoms with Gasteiger partial charge in [-0.15, -0.1) is 0 Å². The fourth-order valence-electron chi connectivity index (χ4n) is 3.93. The monoisotopic (exact) mass is 428 g/mol. The number of quaternary nitrogens is 1. The fraction of sp³-hybridized carbons (Fsp3) is 0.435. The van der Waals surface area contributed by atoms with Crippen molar-refractivity contribution in [1.82, 2.24) is 9.88 Å². The summed E-state index contributed by atoms with van der Waals surface area (Å²) >= 11 is 0. The van der Waals surface area contributed by atoms with Crippen molar-refractivity contribution in [2.75, 3.05) is 46.4 Å². The molecule has 1 amide bonds. The van der Waals surface area contributed by atoms with Crippen LogP contribution in [0.25, 0.3) is 11.1 Å². The number of rotatable bonds is 7. The van der Waals surface area contributed by atoms with E-state index in [1.165, 1.54) is 4.90 Å². The Bertz CT molecular complexity index is 956. The summed E-state index contributed by atoms with van der Waals surface area (Å²) < 4.78 is 10.4. The lowest BCUT2D eigenvalue weighted by Crippen LogP contribution is -3.14. The van der Waals surface area contributed by atoms with E-state index in [1.54, 1.807) is 50.1 Å². The van der Waals surface area contributed by atoms with Gasteiger partial charge in [0, 0.05) is 11.3 Å². The molecule has 1 aliphatic heterocycles. The smallest absolute Gasteiger partial charge is 0.340 e. The SMILES string of the molecule is CCOC(=O)c1c(C)[nH]c(C(=O)C(=O)N2CC[NH+](CC)CC2)c1-c1ccc(OC)cc1. The van der Waals surface area contributed by atoms with Crippen LogP contribution in [0.5, 0.6) is 5.75 Å². The number of carbonyl (C=O) groups excluding carboxylic acids is 3. The first-order valence-corrected chi connectivity index (χ1v) is 10.6. The third kappa shape index (κ3) is 4.64. The van der Waals surface area contributed by atoms with Gasteiger partial charge in [-0.05, 0) is 38.5 Å². The van der Waals surface area contributed by atoms with Gasteiger partial charge in [-0.2, -0.15) is 0 Å². The minimum Gasteiger partial charge on any atom is -0.497 e. The highest BCUT2D eigenvalue weighted by atomic mass is 16.5. The lowest BCUT2D eigenvalue weighted by Gasteiger charge is -2.31. The third-order valence-corrected chi connectivity index (χ3v) is 5.72. The molecule has 0 radical (unpaired) electrons. The van der Waals surface area contributed by atoms with E-state index >= 15 is 0 Å². The van der Waals surface area contributed by atoms with Gasteiger partial charge < -0.3 is 24.3 Å². The average Bonchev–Trinajstić information content (AvgIpc) is 3.15. The molecule has 166 valence electrons. The molecule has 0 saturated carbocycles. The van der Waals surface area contributed by atoms with E-state index in [0.717, 1.165) is 19.6 Å². The average molecular weight is 429 g/mol. The number of hydrogen-bond donors (Lipinski definition) is 2. The summed E-state index contributed by atoms with van der Waals surface area (Å²) in [6.45, 7) is 9.44. The number of Topliss-reactive ketones (excluding diaryl/α,β-unsaturated/α-hetero) is 1. The Kier molecular flexibility index (Phi) is 7.12. The summed E-state index contributed by atoms with van der Waals surface area (Å²) in [6.07, 6.45) is 0. The quantitative estimate of drug-likeness (QED) is 0.392. The number of H-pyrrole nitrogens is 1. The van der Waals surface area contributed by atoms with Gasteiger partial charge in [-0.1, -0.05) is 12.1 Å². The molecule has 0 bridgehead atoms. The molecule has 8 nitrogen and oxygen atoms in total. The highest BCUT2D eigenvalue weighted by Gasteiger charge is 2.33. The van der Waals surface area contributed by atoms with E-state index < -0.39 is 17.7 Å². The van der Waals surface area contributed by atoms with Gasteiger partial charge in [0.2, 0.25) is 0 Å². The Balaban J connectivity index is 2.00. The van der Waals surface area contributed by atoms with Gasteiger partial charge >= 0.3 is 5.97 Å². The van der Waals surface area contributed by atoms with E-state index in [1.807, 2.05) is 0 Å². The van der Waals surface area contributed by atoms with Crippen LogP contribution in [0.2, 0.25) is 0 Å². The third-order valence-electron chi connectivity index (χ3n) is 5.72. The predicted octanol–water partition coefficient (Wildman–Crippen LogP) is 1.11. The standard InChI is InChI=1S/C23H29N3O5/c1-5-25-11-13-26(14-12-25)22(28)21(27)20-19(16-7-9-17(30-4)10-8-16)18(15(3)24-20)23(29)31-6-2/h7-10,24H,5-6,11-14H2,1-4H3/p+1. The van der Waals surface area contributed by atoms with Crippen LogP contribution in [-0.4, -0.2) is 74.0 Å². The minimum atomic E-state index is -0.649. The maximum absolute atomic E-state index is 13.3. The highest BCUT2D eigenvalue weighted by molar-refractivity contribution is 6.43. The maximum atomic E-state index is 13.3. The summed E-state index contributed by atoms with van der Waals surface area (Å²) in [4.78, 5) is 44.9. The first-order chi connectivity index (χ1) is 14.9. The van der Waals surface area contributed by atoms with Crippen molar-refractivity contribution in [3.05, 3.63) is 41.2 Å². The molecule has 0 aliphatic carbocycles. The molecule has 2 N–H and O–H groups in total. The van der Waals surface area contributed by atoms with Crippen LogP contribution in [0, 0.1) is 6.92 Å². The molecule has 2 aromatic rings. The Hall–Kier alpha value is -3.13. The molecule has 1 aromatic carbocycles. The molecular formula is C23H30N3O5+. The van der Waals surface area contributed by atoms with Crippen LogP contribution in [0.4, 0.5) is 0 Å². The van der Waals surface area contributed by atoms with Gasteiger partial charge in [0.1, 0.15) is 11.4 Å². The first-order valence-electron chi connectivity index (χ1n) is 10.6. The highest BCUT2D eigenvalue weighted by Crippen LogP contribution is 2.33. The lowest BCUT2D eigenvalue weighted by atomic mass is 9.98. The molecule has 1 fully saturated rings. The zero-order chi connectivity index (χ0) is 22.5. The van der Waals surface area contributed by atoms with Crippen LogP contribution in [0.15, 0.2) is 24.3 Å². The number of likely N-dealkylation sites (N-methyl/N-ethyl adjacent to an activating group) is 1. The Morgan fingerprint density at radius 2 is 1.74 bits per heavy atom. The van der Waals surface area contributed by atoms with Gasteiger partial charge in [0.15, 0.2) is 0 Å². The minimum absolute atomic E-state index is 0.112. The van der Waals surface area contributed by atoms with Crippen molar-refractivity contribution >= 4 is 17.7 Å². The number of methoxy groups -OCH3 is 1. The lowest BCUT2D eigenvalue weighted by molar-refractivity contribution is -0.902. The predicted molar refractivity (Wildman–Crippen MR) is 116 cm³/mol. The van der Waals surface area contributed by atoms with Crippen LogP contribution in [0.3, 0.4) is 0 Å². The Morgan fingerprint density at radius 3 is 2.29 bits per heavy atom. The summed E-state index contributed by atoms with van der Waals surface area (Å²) in [6, 6.07) is 7.01. The summed E-state index contributed by atoms with van der Waals surface area (Å²) in [7, 11) is 1.56. The second kappa shape index (κ2) is 9.78. The van der Waals surface area contributed by atoms with Crippen LogP contribution < -0.4 is 9.64 Å².